The molecule has 9 heteroatoms. The molecule has 0 aliphatic carbocycles. The first kappa shape index (κ1) is 27.3. The van der Waals surface area contributed by atoms with E-state index in [-0.39, 0.29) is 29.5 Å². The fourth-order valence-electron chi connectivity index (χ4n) is 5.08. The topological polar surface area (TPSA) is 96.5 Å². The van der Waals surface area contributed by atoms with Gasteiger partial charge >= 0.3 is 0 Å². The SMILES string of the molecule is Cc1[nH]c2c(C(N)=O)ncn2c(=O)c1CCCN1CCC(=Cc2ccccc2-c2ccc(F)cc2)CC1.Cl. The lowest BCUT2D eigenvalue weighted by atomic mass is 9.95. The molecule has 1 aliphatic rings. The van der Waals surface area contributed by atoms with Gasteiger partial charge in [0.2, 0.25) is 0 Å². The maximum absolute atomic E-state index is 13.4. The van der Waals surface area contributed by atoms with Gasteiger partial charge < -0.3 is 15.6 Å². The van der Waals surface area contributed by atoms with Crippen LogP contribution in [-0.4, -0.2) is 44.8 Å². The molecule has 3 N–H and O–H groups in total. The van der Waals surface area contributed by atoms with Gasteiger partial charge in [0.05, 0.1) is 0 Å². The first-order chi connectivity index (χ1) is 17.9. The number of imidazole rings is 1. The van der Waals surface area contributed by atoms with Crippen molar-refractivity contribution >= 4 is 30.0 Å². The Morgan fingerprint density at radius 2 is 1.84 bits per heavy atom. The third-order valence-electron chi connectivity index (χ3n) is 7.11. The van der Waals surface area contributed by atoms with Crippen molar-refractivity contribution in [2.45, 2.75) is 32.6 Å². The van der Waals surface area contributed by atoms with Crippen molar-refractivity contribution in [2.75, 3.05) is 19.6 Å². The number of primary amides is 1. The van der Waals surface area contributed by atoms with Crippen LogP contribution in [0, 0.1) is 12.7 Å². The first-order valence-electron chi connectivity index (χ1n) is 12.6. The van der Waals surface area contributed by atoms with Crippen LogP contribution < -0.4 is 11.3 Å². The molecule has 1 amide bonds. The number of aromatic nitrogens is 3. The zero-order chi connectivity index (χ0) is 25.9. The number of hydrogen-bond acceptors (Lipinski definition) is 4. The highest BCUT2D eigenvalue weighted by atomic mass is 35.5. The summed E-state index contributed by atoms with van der Waals surface area (Å²) < 4.78 is 14.7. The number of H-pyrrole nitrogens is 1. The molecule has 0 saturated carbocycles. The molecule has 0 unspecified atom stereocenters. The van der Waals surface area contributed by atoms with Crippen LogP contribution in [0.1, 0.15) is 46.6 Å². The van der Waals surface area contributed by atoms with Gasteiger partial charge in [-0.2, -0.15) is 0 Å². The monoisotopic (exact) mass is 535 g/mol. The molecule has 1 saturated heterocycles. The van der Waals surface area contributed by atoms with E-state index in [1.54, 1.807) is 0 Å². The zero-order valence-corrected chi connectivity index (χ0v) is 22.1. The standard InChI is InChI=1S/C29H30FN5O2.ClH/c1-19-24(29(37)35-18-32-26(27(31)36)28(35)33-19)7-4-14-34-15-12-20(13-16-34)17-22-5-2-3-6-25(22)21-8-10-23(30)11-9-21;/h2-3,5-6,8-11,17-18,33H,4,7,12-16H2,1H3,(H2,31,36);1H. The van der Waals surface area contributed by atoms with E-state index in [9.17, 15) is 14.0 Å². The number of carbonyl (C=O) groups is 1. The molecule has 1 aliphatic heterocycles. The molecular formula is C29H31ClFN5O2. The van der Waals surface area contributed by atoms with E-state index in [0.29, 0.717) is 17.6 Å². The van der Waals surface area contributed by atoms with Crippen LogP contribution in [0.15, 0.2) is 65.2 Å². The van der Waals surface area contributed by atoms with Crippen LogP contribution in [0.4, 0.5) is 4.39 Å². The molecule has 0 bridgehead atoms. The van der Waals surface area contributed by atoms with Gasteiger partial charge in [0.1, 0.15) is 12.1 Å². The Balaban J connectivity index is 0.00000336. The van der Waals surface area contributed by atoms with E-state index in [1.807, 2.05) is 31.2 Å². The predicted octanol–water partition coefficient (Wildman–Crippen LogP) is 4.77. The minimum absolute atomic E-state index is 0. The Labute approximate surface area is 226 Å². The van der Waals surface area contributed by atoms with E-state index in [4.69, 9.17) is 5.73 Å². The number of amides is 1. The minimum atomic E-state index is -0.664. The van der Waals surface area contributed by atoms with Crippen LogP contribution in [0.5, 0.6) is 0 Å². The van der Waals surface area contributed by atoms with E-state index in [1.165, 1.54) is 28.4 Å². The van der Waals surface area contributed by atoms with Crippen molar-refractivity contribution < 1.29 is 9.18 Å². The van der Waals surface area contributed by atoms with Crippen LogP contribution in [0.25, 0.3) is 22.9 Å². The summed E-state index contributed by atoms with van der Waals surface area (Å²) in [5.41, 5.74) is 11.7. The minimum Gasteiger partial charge on any atom is -0.364 e. The van der Waals surface area contributed by atoms with E-state index < -0.39 is 5.91 Å². The molecule has 4 aromatic rings. The Hall–Kier alpha value is -3.75. The third kappa shape index (κ3) is 5.71. The molecule has 3 heterocycles. The maximum atomic E-state index is 13.4. The van der Waals surface area contributed by atoms with E-state index in [2.05, 4.69) is 33.1 Å². The molecule has 0 spiro atoms. The van der Waals surface area contributed by atoms with Crippen molar-refractivity contribution in [1.29, 1.82) is 0 Å². The van der Waals surface area contributed by atoms with Gasteiger partial charge in [-0.25, -0.2) is 9.37 Å². The summed E-state index contributed by atoms with van der Waals surface area (Å²) in [6.07, 6.45) is 7.12. The van der Waals surface area contributed by atoms with Gasteiger partial charge in [-0.05, 0) is 68.0 Å². The molecule has 1 fully saturated rings. The second-order valence-corrected chi connectivity index (χ2v) is 9.55. The summed E-state index contributed by atoms with van der Waals surface area (Å²) in [5.74, 6) is -0.894. The van der Waals surface area contributed by atoms with Gasteiger partial charge in [-0.15, -0.1) is 12.4 Å². The zero-order valence-electron chi connectivity index (χ0n) is 21.2. The number of carbonyl (C=O) groups excluding carboxylic acids is 1. The van der Waals surface area contributed by atoms with E-state index in [0.717, 1.165) is 61.3 Å². The van der Waals surface area contributed by atoms with Crippen molar-refractivity contribution in [3.05, 3.63) is 99.1 Å². The fourth-order valence-corrected chi connectivity index (χ4v) is 5.08. The van der Waals surface area contributed by atoms with Crippen LogP contribution in [0.2, 0.25) is 0 Å². The lowest BCUT2D eigenvalue weighted by molar-refractivity contribution is 0.0997. The number of fused-ring (bicyclic) bond motifs is 1. The molecule has 2 aromatic carbocycles. The highest BCUT2D eigenvalue weighted by Crippen LogP contribution is 2.28. The Kier molecular flexibility index (Phi) is 8.44. The number of nitrogens with zero attached hydrogens (tertiary/aromatic N) is 3. The number of piperidine rings is 1. The Bertz CT molecular complexity index is 1530. The van der Waals surface area contributed by atoms with Gasteiger partial charge in [-0.3, -0.25) is 14.0 Å². The first-order valence-corrected chi connectivity index (χ1v) is 12.6. The third-order valence-corrected chi connectivity index (χ3v) is 7.11. The van der Waals surface area contributed by atoms with Crippen molar-refractivity contribution in [2.24, 2.45) is 5.73 Å². The molecule has 0 radical (unpaired) electrons. The molecule has 0 atom stereocenters. The van der Waals surface area contributed by atoms with Crippen LogP contribution >= 0.6 is 12.4 Å². The highest BCUT2D eigenvalue weighted by molar-refractivity contribution is 5.96. The largest absolute Gasteiger partial charge is 0.364 e. The molecule has 198 valence electrons. The summed E-state index contributed by atoms with van der Waals surface area (Å²) in [7, 11) is 0. The second kappa shape index (κ2) is 11.8. The van der Waals surface area contributed by atoms with Gasteiger partial charge in [0.25, 0.3) is 11.5 Å². The number of aryl methyl sites for hydroxylation is 1. The molecule has 7 nitrogen and oxygen atoms in total. The van der Waals surface area contributed by atoms with Crippen molar-refractivity contribution in [3.8, 4) is 11.1 Å². The molecule has 5 rings (SSSR count). The van der Waals surface area contributed by atoms with Gasteiger partial charge in [-0.1, -0.05) is 48.0 Å². The smallest absolute Gasteiger partial charge is 0.271 e. The van der Waals surface area contributed by atoms with Crippen LogP contribution in [0.3, 0.4) is 0 Å². The van der Waals surface area contributed by atoms with E-state index >= 15 is 0 Å². The highest BCUT2D eigenvalue weighted by Gasteiger charge is 2.18. The number of hydrogen-bond donors (Lipinski definition) is 2. The van der Waals surface area contributed by atoms with Gasteiger partial charge in [0.15, 0.2) is 11.3 Å². The van der Waals surface area contributed by atoms with Crippen molar-refractivity contribution in [3.63, 3.8) is 0 Å². The lowest BCUT2D eigenvalue weighted by Crippen LogP contribution is -2.32. The maximum Gasteiger partial charge on any atom is 0.271 e. The lowest BCUT2D eigenvalue weighted by Gasteiger charge is -2.28. The Morgan fingerprint density at radius 3 is 2.55 bits per heavy atom. The molecule has 38 heavy (non-hydrogen) atoms. The molecule has 2 aromatic heterocycles. The number of rotatable bonds is 7. The summed E-state index contributed by atoms with van der Waals surface area (Å²) in [5, 5.41) is 0. The number of aromatic amines is 1. The number of likely N-dealkylation sites (tertiary alicyclic amines) is 1. The molecular weight excluding hydrogens is 505 g/mol. The van der Waals surface area contributed by atoms with Crippen molar-refractivity contribution in [1.82, 2.24) is 19.3 Å². The number of nitrogens with one attached hydrogen (secondary N) is 1. The summed E-state index contributed by atoms with van der Waals surface area (Å²) in [6.45, 7) is 4.70. The predicted molar refractivity (Wildman–Crippen MR) is 150 cm³/mol. The van der Waals surface area contributed by atoms with Gasteiger partial charge in [0, 0.05) is 24.3 Å². The summed E-state index contributed by atoms with van der Waals surface area (Å²) in [6, 6.07) is 14.9. The average molecular weight is 536 g/mol. The number of nitrogens with two attached hydrogens (primary N) is 1. The normalized spacial score (nSPS) is 13.9. The van der Waals surface area contributed by atoms with Crippen LogP contribution in [-0.2, 0) is 6.42 Å². The summed E-state index contributed by atoms with van der Waals surface area (Å²) in [4.78, 5) is 34.0. The summed E-state index contributed by atoms with van der Waals surface area (Å²) >= 11 is 0. The number of halogens is 2. The average Bonchev–Trinajstić information content (AvgIpc) is 3.32. The number of benzene rings is 2. The quantitative estimate of drug-likeness (QED) is 0.356. The fraction of sp³-hybridized carbons (Fsp3) is 0.276. The Morgan fingerprint density at radius 1 is 1.13 bits per heavy atom. The second-order valence-electron chi connectivity index (χ2n) is 9.55.